The molecule has 6 nitrogen and oxygen atoms in total. The number of carbonyl (C=O) groups excluding carboxylic acids is 2. The summed E-state index contributed by atoms with van der Waals surface area (Å²) in [5, 5.41) is 13.7. The van der Waals surface area contributed by atoms with E-state index < -0.39 is 7.12 Å². The highest BCUT2D eigenvalue weighted by molar-refractivity contribution is 6.45. The minimum absolute atomic E-state index is 0.0259. The summed E-state index contributed by atoms with van der Waals surface area (Å²) in [6.45, 7) is 3.02. The first-order valence-electron chi connectivity index (χ1n) is 9.92. The van der Waals surface area contributed by atoms with Crippen LogP contribution < -0.4 is 11.1 Å². The van der Waals surface area contributed by atoms with Gasteiger partial charge in [0.15, 0.2) is 0 Å². The number of carbonyl (C=O) groups is 2. The fraction of sp³-hybridized carbons (Fsp3) is 0.789. The minimum Gasteiger partial charge on any atom is -0.427 e. The minimum atomic E-state index is -0.991. The fourth-order valence-corrected chi connectivity index (χ4v) is 4.00. The van der Waals surface area contributed by atoms with Gasteiger partial charge in [-0.1, -0.05) is 12.2 Å². The van der Waals surface area contributed by atoms with Crippen LogP contribution in [-0.2, 0) is 14.2 Å². The van der Waals surface area contributed by atoms with Gasteiger partial charge in [0.2, 0.25) is 0 Å². The summed E-state index contributed by atoms with van der Waals surface area (Å²) in [6, 6.07) is 0.533. The lowest BCUT2D eigenvalue weighted by Crippen LogP contribution is -2.36. The molecular weight excluding hydrogens is 331 g/mol. The van der Waals surface area contributed by atoms with Crippen molar-refractivity contribution in [2.24, 2.45) is 11.7 Å². The molecule has 0 radical (unpaired) electrons. The van der Waals surface area contributed by atoms with Crippen molar-refractivity contribution < 1.29 is 19.3 Å². The summed E-state index contributed by atoms with van der Waals surface area (Å²) in [5.74, 6) is 0.453. The van der Waals surface area contributed by atoms with Crippen molar-refractivity contribution in [2.75, 3.05) is 13.1 Å². The molecule has 1 aliphatic heterocycles. The number of hydrogen-bond acceptors (Lipinski definition) is 6. The molecule has 26 heavy (non-hydrogen) atoms. The Morgan fingerprint density at radius 1 is 1.23 bits per heavy atom. The SMILES string of the molecule is CC(=O)C[C@H]1C=CC[C@H](CC(=O)CC2CCC(NCCN)CC2)B(O)O1. The van der Waals surface area contributed by atoms with Gasteiger partial charge in [-0.2, -0.15) is 0 Å². The molecule has 0 aromatic heterocycles. The van der Waals surface area contributed by atoms with Gasteiger partial charge in [0, 0.05) is 44.2 Å². The van der Waals surface area contributed by atoms with Gasteiger partial charge in [0.05, 0.1) is 6.10 Å². The second-order valence-electron chi connectivity index (χ2n) is 7.80. The smallest absolute Gasteiger partial charge is 0.427 e. The molecule has 0 saturated heterocycles. The van der Waals surface area contributed by atoms with Crippen LogP contribution >= 0.6 is 0 Å². The van der Waals surface area contributed by atoms with E-state index >= 15 is 0 Å². The molecule has 1 aliphatic carbocycles. The third-order valence-electron chi connectivity index (χ3n) is 5.43. The molecule has 2 atom stereocenters. The van der Waals surface area contributed by atoms with Crippen molar-refractivity contribution in [1.29, 1.82) is 0 Å². The van der Waals surface area contributed by atoms with Crippen molar-refractivity contribution >= 4 is 18.7 Å². The number of rotatable bonds is 9. The predicted molar refractivity (Wildman–Crippen MR) is 103 cm³/mol. The maximum atomic E-state index is 12.5. The summed E-state index contributed by atoms with van der Waals surface area (Å²) >= 11 is 0. The zero-order valence-corrected chi connectivity index (χ0v) is 15.9. The van der Waals surface area contributed by atoms with Gasteiger partial charge in [0.1, 0.15) is 11.6 Å². The summed E-state index contributed by atoms with van der Waals surface area (Å²) < 4.78 is 5.55. The van der Waals surface area contributed by atoms with Gasteiger partial charge in [-0.3, -0.25) is 9.59 Å². The Kier molecular flexibility index (Phi) is 8.98. The van der Waals surface area contributed by atoms with E-state index in [0.29, 0.717) is 37.8 Å². The average molecular weight is 364 g/mol. The number of allylic oxidation sites excluding steroid dienone is 1. The summed E-state index contributed by atoms with van der Waals surface area (Å²) in [4.78, 5) is 23.7. The maximum absolute atomic E-state index is 12.5. The van der Waals surface area contributed by atoms with E-state index in [9.17, 15) is 14.6 Å². The lowest BCUT2D eigenvalue weighted by atomic mass is 9.67. The summed E-state index contributed by atoms with van der Waals surface area (Å²) in [5.41, 5.74) is 5.52. The standard InChI is InChI=1S/C19H33BN2O4/c1-14(23)11-19-4-2-3-16(20(25)26-19)13-18(24)12-15-5-7-17(8-6-15)22-10-9-21/h2,4,15-17,19,22,25H,3,5-13,21H2,1H3/t15?,16-,17?,19-/m1/s1. The molecule has 2 rings (SSSR count). The first kappa shape index (κ1) is 21.3. The van der Waals surface area contributed by atoms with Crippen LogP contribution in [-0.4, -0.2) is 48.9 Å². The van der Waals surface area contributed by atoms with Crippen LogP contribution in [0, 0.1) is 5.92 Å². The van der Waals surface area contributed by atoms with E-state index in [2.05, 4.69) is 5.32 Å². The predicted octanol–water partition coefficient (Wildman–Crippen LogP) is 1.62. The highest BCUT2D eigenvalue weighted by Crippen LogP contribution is 2.30. The molecule has 2 aliphatic rings. The second-order valence-corrected chi connectivity index (χ2v) is 7.80. The molecule has 146 valence electrons. The molecule has 1 fully saturated rings. The molecule has 0 unspecified atom stereocenters. The van der Waals surface area contributed by atoms with Crippen LogP contribution in [0.1, 0.15) is 58.3 Å². The Morgan fingerprint density at radius 3 is 2.62 bits per heavy atom. The molecule has 0 amide bonds. The summed E-state index contributed by atoms with van der Waals surface area (Å²) in [6.07, 6.45) is 9.49. The first-order chi connectivity index (χ1) is 12.5. The van der Waals surface area contributed by atoms with E-state index in [4.69, 9.17) is 10.4 Å². The zero-order chi connectivity index (χ0) is 18.9. The van der Waals surface area contributed by atoms with Crippen LogP contribution in [0.4, 0.5) is 0 Å². The summed E-state index contributed by atoms with van der Waals surface area (Å²) in [7, 11) is -0.991. The third kappa shape index (κ3) is 7.31. The average Bonchev–Trinajstić information content (AvgIpc) is 2.75. The van der Waals surface area contributed by atoms with Crippen LogP contribution in [0.15, 0.2) is 12.2 Å². The number of ketones is 2. The quantitative estimate of drug-likeness (QED) is 0.425. The highest BCUT2D eigenvalue weighted by atomic mass is 16.5. The highest BCUT2D eigenvalue weighted by Gasteiger charge is 2.33. The number of hydrogen-bond donors (Lipinski definition) is 3. The van der Waals surface area contributed by atoms with E-state index in [1.54, 1.807) is 0 Å². The third-order valence-corrected chi connectivity index (χ3v) is 5.43. The van der Waals surface area contributed by atoms with E-state index in [1.807, 2.05) is 12.2 Å². The Labute approximate surface area is 157 Å². The van der Waals surface area contributed by atoms with Gasteiger partial charge in [0.25, 0.3) is 0 Å². The molecule has 0 bridgehead atoms. The van der Waals surface area contributed by atoms with Gasteiger partial charge >= 0.3 is 7.12 Å². The van der Waals surface area contributed by atoms with Crippen molar-refractivity contribution in [1.82, 2.24) is 5.32 Å². The van der Waals surface area contributed by atoms with Crippen molar-refractivity contribution in [2.45, 2.75) is 76.3 Å². The van der Waals surface area contributed by atoms with E-state index in [1.165, 1.54) is 6.92 Å². The van der Waals surface area contributed by atoms with Crippen LogP contribution in [0.2, 0.25) is 5.82 Å². The molecule has 0 aromatic carbocycles. The van der Waals surface area contributed by atoms with E-state index in [0.717, 1.165) is 32.2 Å². The maximum Gasteiger partial charge on any atom is 0.458 e. The number of nitrogens with one attached hydrogen (secondary N) is 1. The van der Waals surface area contributed by atoms with Crippen molar-refractivity contribution in [3.8, 4) is 0 Å². The van der Waals surface area contributed by atoms with E-state index in [-0.39, 0.29) is 29.9 Å². The number of Topliss-reactive ketones (excluding diaryl/α,β-unsaturated/α-hetero) is 2. The van der Waals surface area contributed by atoms with Crippen LogP contribution in [0.3, 0.4) is 0 Å². The fourth-order valence-electron chi connectivity index (χ4n) is 4.00. The zero-order valence-electron chi connectivity index (χ0n) is 15.9. The lowest BCUT2D eigenvalue weighted by Gasteiger charge is -2.29. The largest absolute Gasteiger partial charge is 0.458 e. The molecule has 0 aromatic rings. The van der Waals surface area contributed by atoms with Crippen molar-refractivity contribution in [3.05, 3.63) is 12.2 Å². The monoisotopic (exact) mass is 364 g/mol. The molecule has 0 spiro atoms. The molecule has 7 heteroatoms. The topological polar surface area (TPSA) is 102 Å². The van der Waals surface area contributed by atoms with Gasteiger partial charge < -0.3 is 20.7 Å². The second kappa shape index (κ2) is 11.0. The Balaban J connectivity index is 1.72. The Morgan fingerprint density at radius 2 is 1.96 bits per heavy atom. The van der Waals surface area contributed by atoms with Gasteiger partial charge in [-0.05, 0) is 44.9 Å². The van der Waals surface area contributed by atoms with Crippen LogP contribution in [0.5, 0.6) is 0 Å². The van der Waals surface area contributed by atoms with Gasteiger partial charge in [-0.15, -0.1) is 0 Å². The molecule has 1 heterocycles. The van der Waals surface area contributed by atoms with Crippen LogP contribution in [0.25, 0.3) is 0 Å². The Hall–Kier alpha value is -1.02. The molecule has 4 N–H and O–H groups in total. The van der Waals surface area contributed by atoms with Gasteiger partial charge in [-0.25, -0.2) is 0 Å². The normalized spacial score (nSPS) is 29.4. The first-order valence-corrected chi connectivity index (χ1v) is 9.92. The lowest BCUT2D eigenvalue weighted by molar-refractivity contribution is -0.121. The Bertz CT molecular complexity index is 492. The van der Waals surface area contributed by atoms with Crippen molar-refractivity contribution in [3.63, 3.8) is 0 Å². The molecule has 1 saturated carbocycles. The number of nitrogens with two attached hydrogens (primary N) is 1. The molecular formula is C19H33BN2O4.